The van der Waals surface area contributed by atoms with Gasteiger partial charge in [-0.3, -0.25) is 14.4 Å². The van der Waals surface area contributed by atoms with E-state index in [1.807, 2.05) is 0 Å². The molecule has 0 heterocycles. The van der Waals surface area contributed by atoms with Crippen molar-refractivity contribution in [2.75, 3.05) is 13.2 Å². The number of carbonyl (C=O) groups is 3. The molecule has 0 atom stereocenters. The van der Waals surface area contributed by atoms with Gasteiger partial charge in [0.1, 0.15) is 0 Å². The number of nitrogens with one attached hydrogen (secondary N) is 2. The molecule has 2 N–H and O–H groups in total. The predicted octanol–water partition coefficient (Wildman–Crippen LogP) is 3.09. The van der Waals surface area contributed by atoms with Crippen molar-refractivity contribution in [3.8, 4) is 0 Å². The normalized spacial score (nSPS) is 29.3. The number of benzene rings is 1. The first-order chi connectivity index (χ1) is 13.9. The molecule has 4 fully saturated rings. The van der Waals surface area contributed by atoms with Crippen LogP contribution in [0.5, 0.6) is 0 Å². The van der Waals surface area contributed by atoms with Crippen LogP contribution in [0.25, 0.3) is 0 Å². The molecule has 6 nitrogen and oxygen atoms in total. The minimum absolute atomic E-state index is 0.0178. The fourth-order valence-corrected chi connectivity index (χ4v) is 5.92. The highest BCUT2D eigenvalue weighted by atomic mass is 35.5. The van der Waals surface area contributed by atoms with Gasteiger partial charge in [0.15, 0.2) is 6.61 Å². The Morgan fingerprint density at radius 1 is 1.00 bits per heavy atom. The number of halogens is 1. The van der Waals surface area contributed by atoms with Crippen molar-refractivity contribution in [2.45, 2.75) is 50.5 Å². The first kappa shape index (κ1) is 20.2. The van der Waals surface area contributed by atoms with Crippen molar-refractivity contribution in [1.29, 1.82) is 0 Å². The second-order valence-electron chi connectivity index (χ2n) is 8.92. The standard InChI is InChI=1S/C22H27ClN2O4/c23-18-3-1-17(2-4-18)21(28)24-6-5-20(27)29-13-19(26)25-22-10-14-7-15(11-22)9-16(8-14)12-22/h1-4,14-16H,5-13H2,(H,24,28)(H,25,26). The second kappa shape index (κ2) is 8.34. The van der Waals surface area contributed by atoms with Crippen molar-refractivity contribution >= 4 is 29.4 Å². The quantitative estimate of drug-likeness (QED) is 0.666. The first-order valence-electron chi connectivity index (χ1n) is 10.4. The molecular weight excluding hydrogens is 392 g/mol. The Morgan fingerprint density at radius 2 is 1.59 bits per heavy atom. The average Bonchev–Trinajstić information content (AvgIpc) is 2.65. The molecule has 0 radical (unpaired) electrons. The Bertz CT molecular complexity index is 757. The summed E-state index contributed by atoms with van der Waals surface area (Å²) in [6.07, 6.45) is 7.15. The molecule has 1 aromatic carbocycles. The molecule has 0 aromatic heterocycles. The van der Waals surface area contributed by atoms with Crippen LogP contribution in [-0.2, 0) is 14.3 Å². The van der Waals surface area contributed by atoms with Crippen LogP contribution in [0.3, 0.4) is 0 Å². The molecule has 7 heteroatoms. The van der Waals surface area contributed by atoms with E-state index in [4.69, 9.17) is 16.3 Å². The summed E-state index contributed by atoms with van der Waals surface area (Å²) >= 11 is 5.80. The number of amides is 2. The van der Waals surface area contributed by atoms with Crippen molar-refractivity contribution in [1.82, 2.24) is 10.6 Å². The van der Waals surface area contributed by atoms with Gasteiger partial charge in [-0.2, -0.15) is 0 Å². The Kier molecular flexibility index (Phi) is 5.81. The third kappa shape index (κ3) is 4.92. The molecule has 0 aliphatic heterocycles. The van der Waals surface area contributed by atoms with Gasteiger partial charge in [0, 0.05) is 22.7 Å². The third-order valence-corrected chi connectivity index (χ3v) is 6.78. The summed E-state index contributed by atoms with van der Waals surface area (Å²) in [5.41, 5.74) is 0.392. The second-order valence-corrected chi connectivity index (χ2v) is 9.36. The minimum Gasteiger partial charge on any atom is -0.456 e. The lowest BCUT2D eigenvalue weighted by atomic mass is 9.53. The zero-order chi connectivity index (χ0) is 20.4. The summed E-state index contributed by atoms with van der Waals surface area (Å²) in [5, 5.41) is 6.39. The van der Waals surface area contributed by atoms with Gasteiger partial charge in [-0.15, -0.1) is 0 Å². The largest absolute Gasteiger partial charge is 0.456 e. The summed E-state index contributed by atoms with van der Waals surface area (Å²) < 4.78 is 5.10. The molecule has 2 amide bonds. The van der Waals surface area contributed by atoms with Crippen LogP contribution in [0.15, 0.2) is 24.3 Å². The van der Waals surface area contributed by atoms with Crippen LogP contribution in [0, 0.1) is 17.8 Å². The number of carbonyl (C=O) groups excluding carboxylic acids is 3. The van der Waals surface area contributed by atoms with Gasteiger partial charge < -0.3 is 15.4 Å². The number of esters is 1. The van der Waals surface area contributed by atoms with Crippen molar-refractivity contribution < 1.29 is 19.1 Å². The highest BCUT2D eigenvalue weighted by molar-refractivity contribution is 6.30. The maximum atomic E-state index is 12.4. The molecule has 156 valence electrons. The lowest BCUT2D eigenvalue weighted by Gasteiger charge is -2.56. The van der Waals surface area contributed by atoms with E-state index >= 15 is 0 Å². The topological polar surface area (TPSA) is 84.5 Å². The molecule has 4 saturated carbocycles. The Labute approximate surface area is 175 Å². The molecule has 1 aromatic rings. The summed E-state index contributed by atoms with van der Waals surface area (Å²) in [6.45, 7) is -0.109. The minimum atomic E-state index is -0.498. The molecule has 0 spiro atoms. The molecule has 0 saturated heterocycles. The van der Waals surface area contributed by atoms with Gasteiger partial charge in [0.25, 0.3) is 11.8 Å². The fraction of sp³-hybridized carbons (Fsp3) is 0.591. The van der Waals surface area contributed by atoms with Crippen LogP contribution in [0.4, 0.5) is 0 Å². The lowest BCUT2D eigenvalue weighted by molar-refractivity contribution is -0.150. The summed E-state index contributed by atoms with van der Waals surface area (Å²) in [4.78, 5) is 36.2. The van der Waals surface area contributed by atoms with Gasteiger partial charge in [-0.05, 0) is 80.5 Å². The first-order valence-corrected chi connectivity index (χ1v) is 10.8. The molecule has 4 aliphatic rings. The number of rotatable bonds is 7. The number of ether oxygens (including phenoxy) is 1. The van der Waals surface area contributed by atoms with Crippen LogP contribution < -0.4 is 10.6 Å². The van der Waals surface area contributed by atoms with Crippen molar-refractivity contribution in [3.05, 3.63) is 34.9 Å². The van der Waals surface area contributed by atoms with Crippen LogP contribution in [0.1, 0.15) is 55.3 Å². The van der Waals surface area contributed by atoms with E-state index in [-0.39, 0.29) is 36.9 Å². The molecule has 5 rings (SSSR count). The molecular formula is C22H27ClN2O4. The van der Waals surface area contributed by atoms with E-state index in [0.29, 0.717) is 10.6 Å². The van der Waals surface area contributed by atoms with Gasteiger partial charge in [-0.25, -0.2) is 0 Å². The van der Waals surface area contributed by atoms with Gasteiger partial charge in [0.2, 0.25) is 0 Å². The SMILES string of the molecule is O=C(COC(=O)CCNC(=O)c1ccc(Cl)cc1)NC12CC3CC(CC(C3)C1)C2. The Morgan fingerprint density at radius 3 is 2.17 bits per heavy atom. The van der Waals surface area contributed by atoms with Gasteiger partial charge in [0.05, 0.1) is 6.42 Å². The Hall–Kier alpha value is -2.08. The number of hydrogen-bond acceptors (Lipinski definition) is 4. The van der Waals surface area contributed by atoms with Crippen molar-refractivity contribution in [3.63, 3.8) is 0 Å². The van der Waals surface area contributed by atoms with Gasteiger partial charge >= 0.3 is 5.97 Å². The smallest absolute Gasteiger partial charge is 0.308 e. The summed E-state index contributed by atoms with van der Waals surface area (Å²) in [7, 11) is 0. The van der Waals surface area contributed by atoms with Gasteiger partial charge in [-0.1, -0.05) is 11.6 Å². The highest BCUT2D eigenvalue weighted by Gasteiger charge is 2.51. The fourth-order valence-electron chi connectivity index (χ4n) is 5.80. The van der Waals surface area contributed by atoms with Crippen LogP contribution in [0.2, 0.25) is 5.02 Å². The zero-order valence-corrected chi connectivity index (χ0v) is 17.2. The lowest BCUT2D eigenvalue weighted by Crippen LogP contribution is -2.60. The van der Waals surface area contributed by atoms with E-state index < -0.39 is 5.97 Å². The van der Waals surface area contributed by atoms with E-state index in [1.165, 1.54) is 19.3 Å². The molecule has 29 heavy (non-hydrogen) atoms. The molecule has 0 unspecified atom stereocenters. The zero-order valence-electron chi connectivity index (χ0n) is 16.4. The van der Waals surface area contributed by atoms with Crippen LogP contribution >= 0.6 is 11.6 Å². The van der Waals surface area contributed by atoms with E-state index in [1.54, 1.807) is 24.3 Å². The molecule has 4 aliphatic carbocycles. The monoisotopic (exact) mass is 418 g/mol. The molecule has 4 bridgehead atoms. The highest BCUT2D eigenvalue weighted by Crippen LogP contribution is 2.55. The van der Waals surface area contributed by atoms with Crippen molar-refractivity contribution in [2.24, 2.45) is 17.8 Å². The van der Waals surface area contributed by atoms with E-state index in [2.05, 4.69) is 10.6 Å². The van der Waals surface area contributed by atoms with E-state index in [0.717, 1.165) is 37.0 Å². The third-order valence-electron chi connectivity index (χ3n) is 6.53. The maximum Gasteiger partial charge on any atom is 0.308 e. The summed E-state index contributed by atoms with van der Waals surface area (Å²) in [6, 6.07) is 6.50. The summed E-state index contributed by atoms with van der Waals surface area (Å²) in [5.74, 6) is 1.23. The number of hydrogen-bond donors (Lipinski definition) is 2. The van der Waals surface area contributed by atoms with Crippen LogP contribution in [-0.4, -0.2) is 36.5 Å². The Balaban J connectivity index is 1.16. The maximum absolute atomic E-state index is 12.4. The average molecular weight is 419 g/mol. The van der Waals surface area contributed by atoms with E-state index in [9.17, 15) is 14.4 Å². The predicted molar refractivity (Wildman–Crippen MR) is 108 cm³/mol.